The van der Waals surface area contributed by atoms with E-state index >= 15 is 0 Å². The summed E-state index contributed by atoms with van der Waals surface area (Å²) in [5.41, 5.74) is 1.13. The first-order valence-electron chi connectivity index (χ1n) is 7.38. The first-order valence-corrected chi connectivity index (χ1v) is 7.38. The van der Waals surface area contributed by atoms with Gasteiger partial charge in [-0.25, -0.2) is 4.98 Å². The maximum atomic E-state index is 11.9. The zero-order chi connectivity index (χ0) is 16.7. The Balaban J connectivity index is 1.93. The van der Waals surface area contributed by atoms with Crippen LogP contribution >= 0.6 is 0 Å². The largest absolute Gasteiger partial charge is 0.394 e. The smallest absolute Gasteiger partial charge is 0.248 e. The van der Waals surface area contributed by atoms with Crippen molar-refractivity contribution in [2.75, 3.05) is 17.2 Å². The molecule has 0 aliphatic carbocycles. The lowest BCUT2D eigenvalue weighted by Gasteiger charge is -2.24. The molecule has 0 unspecified atom stereocenters. The van der Waals surface area contributed by atoms with Crippen LogP contribution in [0.5, 0.6) is 0 Å². The molecule has 5 nitrogen and oxygen atoms in total. The number of benzene rings is 1. The van der Waals surface area contributed by atoms with E-state index in [0.717, 1.165) is 5.56 Å². The zero-order valence-electron chi connectivity index (χ0n) is 13.3. The first-order chi connectivity index (χ1) is 11.0. The number of carbonyl (C=O) groups excluding carboxylic acids is 1. The van der Waals surface area contributed by atoms with Gasteiger partial charge in [-0.3, -0.25) is 4.79 Å². The van der Waals surface area contributed by atoms with Crippen LogP contribution in [-0.4, -0.2) is 28.1 Å². The van der Waals surface area contributed by atoms with Crippen LogP contribution in [0.15, 0.2) is 54.7 Å². The Hall–Kier alpha value is -2.66. The van der Waals surface area contributed by atoms with Crippen molar-refractivity contribution >= 4 is 23.5 Å². The Morgan fingerprint density at radius 3 is 2.57 bits per heavy atom. The van der Waals surface area contributed by atoms with Crippen molar-refractivity contribution in [3.63, 3.8) is 0 Å². The van der Waals surface area contributed by atoms with Crippen LogP contribution in [0.2, 0.25) is 0 Å². The number of carbonyl (C=O) groups is 1. The third-order valence-electron chi connectivity index (χ3n) is 3.12. The second-order valence-corrected chi connectivity index (χ2v) is 5.83. The highest BCUT2D eigenvalue weighted by atomic mass is 16.3. The van der Waals surface area contributed by atoms with Crippen molar-refractivity contribution in [1.29, 1.82) is 0 Å². The Morgan fingerprint density at radius 2 is 1.96 bits per heavy atom. The summed E-state index contributed by atoms with van der Waals surface area (Å²) in [6.45, 7) is 3.74. The average Bonchev–Trinajstić information content (AvgIpc) is 2.55. The second kappa shape index (κ2) is 7.56. The van der Waals surface area contributed by atoms with E-state index < -0.39 is 5.54 Å². The molecule has 0 spiro atoms. The SMILES string of the molecule is CC(C)(CO)Nc1ccc(NC(=O)/C=C/c2ccccc2)cn1. The summed E-state index contributed by atoms with van der Waals surface area (Å²) in [4.78, 5) is 16.1. The molecule has 0 atom stereocenters. The van der Waals surface area contributed by atoms with Crippen LogP contribution in [0, 0.1) is 0 Å². The molecule has 0 saturated carbocycles. The fourth-order valence-corrected chi connectivity index (χ4v) is 1.85. The maximum Gasteiger partial charge on any atom is 0.248 e. The topological polar surface area (TPSA) is 74.2 Å². The van der Waals surface area contributed by atoms with Crippen LogP contribution in [-0.2, 0) is 4.79 Å². The quantitative estimate of drug-likeness (QED) is 0.717. The molecule has 0 aliphatic heterocycles. The summed E-state index contributed by atoms with van der Waals surface area (Å²) in [7, 11) is 0. The molecule has 1 heterocycles. The van der Waals surface area contributed by atoms with Gasteiger partial charge < -0.3 is 15.7 Å². The molecule has 0 bridgehead atoms. The summed E-state index contributed by atoms with van der Waals surface area (Å²) in [6.07, 6.45) is 4.81. The number of aliphatic hydroxyl groups excluding tert-OH is 1. The highest BCUT2D eigenvalue weighted by Crippen LogP contribution is 2.14. The monoisotopic (exact) mass is 311 g/mol. The molecule has 2 rings (SSSR count). The third kappa shape index (κ3) is 5.56. The van der Waals surface area contributed by atoms with Gasteiger partial charge in [-0.15, -0.1) is 0 Å². The molecule has 23 heavy (non-hydrogen) atoms. The second-order valence-electron chi connectivity index (χ2n) is 5.83. The van der Waals surface area contributed by atoms with Gasteiger partial charge >= 0.3 is 0 Å². The molecule has 3 N–H and O–H groups in total. The van der Waals surface area contributed by atoms with Crippen LogP contribution in [0.3, 0.4) is 0 Å². The highest BCUT2D eigenvalue weighted by Gasteiger charge is 2.15. The van der Waals surface area contributed by atoms with E-state index in [2.05, 4.69) is 15.6 Å². The fourth-order valence-electron chi connectivity index (χ4n) is 1.85. The van der Waals surface area contributed by atoms with E-state index in [-0.39, 0.29) is 12.5 Å². The van der Waals surface area contributed by atoms with Gasteiger partial charge in [0, 0.05) is 6.08 Å². The molecule has 0 fully saturated rings. The van der Waals surface area contributed by atoms with Crippen molar-refractivity contribution < 1.29 is 9.90 Å². The van der Waals surface area contributed by atoms with Gasteiger partial charge in [0.2, 0.25) is 5.91 Å². The number of nitrogens with one attached hydrogen (secondary N) is 2. The fraction of sp³-hybridized carbons (Fsp3) is 0.222. The zero-order valence-corrected chi connectivity index (χ0v) is 13.3. The molecule has 1 amide bonds. The molecular weight excluding hydrogens is 290 g/mol. The summed E-state index contributed by atoms with van der Waals surface area (Å²) >= 11 is 0. The van der Waals surface area contributed by atoms with E-state index in [0.29, 0.717) is 11.5 Å². The number of pyridine rings is 1. The lowest BCUT2D eigenvalue weighted by Crippen LogP contribution is -2.35. The molecule has 0 radical (unpaired) electrons. The number of aromatic nitrogens is 1. The Morgan fingerprint density at radius 1 is 1.22 bits per heavy atom. The standard InChI is InChI=1S/C18H21N3O2/c1-18(2,13-22)21-16-10-9-15(12-19-16)20-17(23)11-8-14-6-4-3-5-7-14/h3-12,22H,13H2,1-2H3,(H,19,21)(H,20,23)/b11-8+. The number of hydrogen-bond acceptors (Lipinski definition) is 4. The van der Waals surface area contributed by atoms with Gasteiger partial charge in [-0.2, -0.15) is 0 Å². The van der Waals surface area contributed by atoms with E-state index in [9.17, 15) is 9.90 Å². The van der Waals surface area contributed by atoms with Crippen LogP contribution < -0.4 is 10.6 Å². The Bertz CT molecular complexity index is 664. The van der Waals surface area contributed by atoms with Crippen LogP contribution in [0.25, 0.3) is 6.08 Å². The molecule has 5 heteroatoms. The van der Waals surface area contributed by atoms with Crippen LogP contribution in [0.1, 0.15) is 19.4 Å². The Kier molecular flexibility index (Phi) is 5.49. The minimum Gasteiger partial charge on any atom is -0.394 e. The number of rotatable bonds is 6. The number of hydrogen-bond donors (Lipinski definition) is 3. The molecule has 0 saturated heterocycles. The first kappa shape index (κ1) is 16.7. The lowest BCUT2D eigenvalue weighted by molar-refractivity contribution is -0.111. The van der Waals surface area contributed by atoms with E-state index in [1.807, 2.05) is 44.2 Å². The Labute approximate surface area is 136 Å². The van der Waals surface area contributed by atoms with Crippen molar-refractivity contribution in [3.05, 3.63) is 60.3 Å². The average molecular weight is 311 g/mol. The van der Waals surface area contributed by atoms with Gasteiger partial charge in [0.05, 0.1) is 24.0 Å². The van der Waals surface area contributed by atoms with Crippen molar-refractivity contribution in [1.82, 2.24) is 4.98 Å². The van der Waals surface area contributed by atoms with Crippen molar-refractivity contribution in [2.45, 2.75) is 19.4 Å². The lowest BCUT2D eigenvalue weighted by atomic mass is 10.1. The number of aliphatic hydroxyl groups is 1. The number of anilines is 2. The van der Waals surface area contributed by atoms with Gasteiger partial charge in [-0.1, -0.05) is 30.3 Å². The molecule has 2 aromatic rings. The molecular formula is C18H21N3O2. The van der Waals surface area contributed by atoms with E-state index in [1.54, 1.807) is 24.4 Å². The van der Waals surface area contributed by atoms with Crippen molar-refractivity contribution in [3.8, 4) is 0 Å². The summed E-state index contributed by atoms with van der Waals surface area (Å²) < 4.78 is 0. The van der Waals surface area contributed by atoms with Crippen LogP contribution in [0.4, 0.5) is 11.5 Å². The predicted octanol–water partition coefficient (Wildman–Crippen LogP) is 2.92. The van der Waals surface area contributed by atoms with Gasteiger partial charge in [0.15, 0.2) is 0 Å². The predicted molar refractivity (Wildman–Crippen MR) is 93.1 cm³/mol. The number of amides is 1. The van der Waals surface area contributed by atoms with Gasteiger partial charge in [0.1, 0.15) is 5.82 Å². The molecule has 1 aromatic heterocycles. The minimum absolute atomic E-state index is 0.00253. The van der Waals surface area contributed by atoms with E-state index in [1.165, 1.54) is 6.08 Å². The molecule has 120 valence electrons. The van der Waals surface area contributed by atoms with E-state index in [4.69, 9.17) is 0 Å². The van der Waals surface area contributed by atoms with Gasteiger partial charge in [-0.05, 0) is 37.6 Å². The summed E-state index contributed by atoms with van der Waals surface area (Å²) in [5, 5.41) is 15.1. The minimum atomic E-state index is -0.448. The highest BCUT2D eigenvalue weighted by molar-refractivity contribution is 6.01. The molecule has 0 aliphatic rings. The van der Waals surface area contributed by atoms with Crippen molar-refractivity contribution in [2.24, 2.45) is 0 Å². The maximum absolute atomic E-state index is 11.9. The third-order valence-corrected chi connectivity index (χ3v) is 3.12. The summed E-state index contributed by atoms with van der Waals surface area (Å²) in [6, 6.07) is 13.1. The summed E-state index contributed by atoms with van der Waals surface area (Å²) in [5.74, 6) is 0.425. The van der Waals surface area contributed by atoms with Gasteiger partial charge in [0.25, 0.3) is 0 Å². The number of nitrogens with zero attached hydrogens (tertiary/aromatic N) is 1. The normalized spacial score (nSPS) is 11.4. The molecule has 1 aromatic carbocycles.